The highest BCUT2D eigenvalue weighted by Crippen LogP contribution is 2.26. The van der Waals surface area contributed by atoms with Crippen LogP contribution in [-0.2, 0) is 10.0 Å². The minimum atomic E-state index is -3.79. The number of ether oxygens (including phenoxy) is 2. The first kappa shape index (κ1) is 30.4. The largest absolute Gasteiger partial charge is 0.494 e. The maximum atomic E-state index is 12.7. The molecule has 208 valence electrons. The Labute approximate surface area is 243 Å². The normalized spacial score (nSPS) is 10.9. The van der Waals surface area contributed by atoms with Gasteiger partial charge in [0.05, 0.1) is 22.6 Å². The average molecular weight is 635 g/mol. The van der Waals surface area contributed by atoms with Crippen molar-refractivity contribution in [2.75, 3.05) is 23.3 Å². The second-order valence-electron chi connectivity index (χ2n) is 8.55. The quantitative estimate of drug-likeness (QED) is 0.141. The Balaban J connectivity index is 1.53. The van der Waals surface area contributed by atoms with Crippen LogP contribution in [0.1, 0.15) is 49.9 Å². The van der Waals surface area contributed by atoms with Gasteiger partial charge in [0.25, 0.3) is 15.9 Å². The lowest BCUT2D eigenvalue weighted by molar-refractivity contribution is 0.0977. The summed E-state index contributed by atoms with van der Waals surface area (Å²) in [4.78, 5) is 12.7. The number of amides is 1. The van der Waals surface area contributed by atoms with Crippen molar-refractivity contribution in [3.63, 3.8) is 0 Å². The monoisotopic (exact) mass is 633 g/mol. The van der Waals surface area contributed by atoms with Gasteiger partial charge in [0.15, 0.2) is 5.11 Å². The predicted octanol–water partition coefficient (Wildman–Crippen LogP) is 6.73. The molecule has 0 unspecified atom stereocenters. The van der Waals surface area contributed by atoms with Gasteiger partial charge in [0, 0.05) is 16.9 Å². The lowest BCUT2D eigenvalue weighted by atomic mass is 10.2. The molecule has 0 saturated heterocycles. The standard InChI is InChI=1S/C28H32BrN3O5S2/c1-3-5-6-7-18-37-26-17-8-20(19-25(26)29)27(33)31-28(38)30-21-11-15-24(16-12-21)39(34,35)32-22-9-13-23(14-10-22)36-4-2/h8-17,19,32H,3-7,18H2,1-2H3,(H2,30,31,33,38). The Morgan fingerprint density at radius 1 is 0.897 bits per heavy atom. The second kappa shape index (κ2) is 14.9. The molecular formula is C28H32BrN3O5S2. The SMILES string of the molecule is CCCCCCOc1ccc(C(=O)NC(=S)Nc2ccc(S(=O)(=O)Nc3ccc(OCC)cc3)cc2)cc1Br. The van der Waals surface area contributed by atoms with Crippen LogP contribution in [0, 0.1) is 0 Å². The molecule has 3 aromatic carbocycles. The summed E-state index contributed by atoms with van der Waals surface area (Å²) in [5, 5.41) is 5.60. The minimum absolute atomic E-state index is 0.0782. The summed E-state index contributed by atoms with van der Waals surface area (Å²) in [5.74, 6) is 0.947. The molecule has 0 fully saturated rings. The topological polar surface area (TPSA) is 106 Å². The fourth-order valence-corrected chi connectivity index (χ4v) is 5.29. The number of carbonyl (C=O) groups excluding carboxylic acids is 1. The van der Waals surface area contributed by atoms with E-state index in [4.69, 9.17) is 21.7 Å². The zero-order valence-corrected chi connectivity index (χ0v) is 25.0. The van der Waals surface area contributed by atoms with Crippen LogP contribution in [-0.4, -0.2) is 32.7 Å². The summed E-state index contributed by atoms with van der Waals surface area (Å²) in [6, 6.07) is 17.8. The first-order valence-electron chi connectivity index (χ1n) is 12.6. The van der Waals surface area contributed by atoms with E-state index in [2.05, 4.69) is 38.2 Å². The summed E-state index contributed by atoms with van der Waals surface area (Å²) in [6.07, 6.45) is 4.45. The summed E-state index contributed by atoms with van der Waals surface area (Å²) >= 11 is 8.72. The molecule has 0 bridgehead atoms. The third-order valence-corrected chi connectivity index (χ3v) is 7.74. The molecule has 11 heteroatoms. The number of sulfonamides is 1. The molecule has 3 rings (SSSR count). The van der Waals surface area contributed by atoms with E-state index in [9.17, 15) is 13.2 Å². The number of nitrogens with one attached hydrogen (secondary N) is 3. The third-order valence-electron chi connectivity index (χ3n) is 5.52. The minimum Gasteiger partial charge on any atom is -0.494 e. The second-order valence-corrected chi connectivity index (χ2v) is 11.5. The van der Waals surface area contributed by atoms with Gasteiger partial charge in [-0.1, -0.05) is 26.2 Å². The highest BCUT2D eigenvalue weighted by molar-refractivity contribution is 9.10. The molecule has 0 heterocycles. The molecule has 0 aliphatic carbocycles. The lowest BCUT2D eigenvalue weighted by Gasteiger charge is -2.12. The zero-order chi connectivity index (χ0) is 28.3. The van der Waals surface area contributed by atoms with Crippen molar-refractivity contribution in [1.29, 1.82) is 0 Å². The van der Waals surface area contributed by atoms with Crippen LogP contribution in [0.15, 0.2) is 76.1 Å². The smallest absolute Gasteiger partial charge is 0.261 e. The summed E-state index contributed by atoms with van der Waals surface area (Å²) in [6.45, 7) is 5.18. The summed E-state index contributed by atoms with van der Waals surface area (Å²) < 4.78 is 39.9. The molecule has 0 radical (unpaired) electrons. The number of carbonyl (C=O) groups is 1. The van der Waals surface area contributed by atoms with Crippen molar-refractivity contribution in [3.8, 4) is 11.5 Å². The number of hydrogen-bond acceptors (Lipinski definition) is 6. The maximum Gasteiger partial charge on any atom is 0.261 e. The molecule has 0 aromatic heterocycles. The molecule has 1 amide bonds. The Hall–Kier alpha value is -3.15. The van der Waals surface area contributed by atoms with Crippen LogP contribution in [0.5, 0.6) is 11.5 Å². The Morgan fingerprint density at radius 3 is 2.23 bits per heavy atom. The van der Waals surface area contributed by atoms with Gasteiger partial charge >= 0.3 is 0 Å². The summed E-state index contributed by atoms with van der Waals surface area (Å²) in [5.41, 5.74) is 1.35. The lowest BCUT2D eigenvalue weighted by Crippen LogP contribution is -2.34. The van der Waals surface area contributed by atoms with Crippen molar-refractivity contribution in [2.45, 2.75) is 44.4 Å². The molecule has 0 spiro atoms. The highest BCUT2D eigenvalue weighted by atomic mass is 79.9. The zero-order valence-electron chi connectivity index (χ0n) is 21.8. The van der Waals surface area contributed by atoms with Gasteiger partial charge < -0.3 is 14.8 Å². The van der Waals surface area contributed by atoms with E-state index in [1.165, 1.54) is 25.0 Å². The fraction of sp³-hybridized carbons (Fsp3) is 0.286. The summed E-state index contributed by atoms with van der Waals surface area (Å²) in [7, 11) is -3.79. The van der Waals surface area contributed by atoms with Crippen molar-refractivity contribution in [3.05, 3.63) is 76.8 Å². The maximum absolute atomic E-state index is 12.7. The molecule has 0 aliphatic rings. The van der Waals surface area contributed by atoms with Gasteiger partial charge in [-0.3, -0.25) is 14.8 Å². The average Bonchev–Trinajstić information content (AvgIpc) is 2.90. The molecule has 0 atom stereocenters. The Kier molecular flexibility index (Phi) is 11.6. The van der Waals surface area contributed by atoms with Gasteiger partial charge in [-0.25, -0.2) is 8.42 Å². The van der Waals surface area contributed by atoms with Crippen molar-refractivity contribution < 1.29 is 22.7 Å². The molecule has 3 N–H and O–H groups in total. The van der Waals surface area contributed by atoms with Gasteiger partial charge in [-0.05, 0) is 108 Å². The first-order chi connectivity index (χ1) is 18.7. The van der Waals surface area contributed by atoms with Crippen molar-refractivity contribution >= 4 is 60.6 Å². The Bertz CT molecular complexity index is 1360. The number of anilines is 2. The molecule has 0 aliphatic heterocycles. The molecule has 3 aromatic rings. The number of unbranched alkanes of at least 4 members (excludes halogenated alkanes) is 3. The fourth-order valence-electron chi connectivity index (χ4n) is 3.53. The number of thiocarbonyl (C=S) groups is 1. The van der Waals surface area contributed by atoms with Crippen LogP contribution in [0.4, 0.5) is 11.4 Å². The van der Waals surface area contributed by atoms with Crippen LogP contribution >= 0.6 is 28.1 Å². The van der Waals surface area contributed by atoms with E-state index in [0.717, 1.165) is 12.8 Å². The van der Waals surface area contributed by atoms with E-state index in [-0.39, 0.29) is 15.9 Å². The van der Waals surface area contributed by atoms with Crippen LogP contribution in [0.2, 0.25) is 0 Å². The van der Waals surface area contributed by atoms with Crippen LogP contribution in [0.25, 0.3) is 0 Å². The molecule has 0 saturated carbocycles. The predicted molar refractivity (Wildman–Crippen MR) is 162 cm³/mol. The molecule has 39 heavy (non-hydrogen) atoms. The Morgan fingerprint density at radius 2 is 1.59 bits per heavy atom. The number of benzene rings is 3. The third kappa shape index (κ3) is 9.52. The van der Waals surface area contributed by atoms with E-state index >= 15 is 0 Å². The first-order valence-corrected chi connectivity index (χ1v) is 15.3. The molecule has 8 nitrogen and oxygen atoms in total. The van der Waals surface area contributed by atoms with Gasteiger partial charge in [-0.15, -0.1) is 0 Å². The van der Waals surface area contributed by atoms with Crippen molar-refractivity contribution in [1.82, 2.24) is 5.32 Å². The van der Waals surface area contributed by atoms with Gasteiger partial charge in [0.2, 0.25) is 0 Å². The van der Waals surface area contributed by atoms with E-state index in [1.807, 2.05) is 6.92 Å². The number of halogens is 1. The van der Waals surface area contributed by atoms with E-state index in [1.54, 1.807) is 54.6 Å². The van der Waals surface area contributed by atoms with Gasteiger partial charge in [-0.2, -0.15) is 0 Å². The van der Waals surface area contributed by atoms with Crippen LogP contribution < -0.4 is 24.8 Å². The highest BCUT2D eigenvalue weighted by Gasteiger charge is 2.15. The van der Waals surface area contributed by atoms with Crippen molar-refractivity contribution in [2.24, 2.45) is 0 Å². The van der Waals surface area contributed by atoms with E-state index < -0.39 is 10.0 Å². The van der Waals surface area contributed by atoms with Crippen LogP contribution in [0.3, 0.4) is 0 Å². The number of rotatable bonds is 13. The molecular weight excluding hydrogens is 602 g/mol. The number of hydrogen-bond donors (Lipinski definition) is 3. The van der Waals surface area contributed by atoms with Gasteiger partial charge in [0.1, 0.15) is 11.5 Å². The van der Waals surface area contributed by atoms with E-state index in [0.29, 0.717) is 46.1 Å².